The van der Waals surface area contributed by atoms with Crippen molar-refractivity contribution in [3.8, 4) is 0 Å². The summed E-state index contributed by atoms with van der Waals surface area (Å²) < 4.78 is 5.82. The van der Waals surface area contributed by atoms with E-state index in [1.54, 1.807) is 12.1 Å². The highest BCUT2D eigenvalue weighted by atomic mass is 79.9. The van der Waals surface area contributed by atoms with Crippen molar-refractivity contribution < 1.29 is 23.9 Å². The Labute approximate surface area is 153 Å². The molecule has 2 N–H and O–H groups in total. The molecule has 0 aliphatic carbocycles. The molecule has 1 fully saturated rings. The number of imide groups is 1. The van der Waals surface area contributed by atoms with Crippen LogP contribution in [-0.2, 0) is 19.1 Å². The van der Waals surface area contributed by atoms with Crippen molar-refractivity contribution in [3.63, 3.8) is 0 Å². The van der Waals surface area contributed by atoms with E-state index in [1.165, 1.54) is 0 Å². The summed E-state index contributed by atoms with van der Waals surface area (Å²) >= 11 is 3.37. The molecule has 1 aromatic carbocycles. The number of aryl methyl sites for hydroxylation is 1. The summed E-state index contributed by atoms with van der Waals surface area (Å²) in [4.78, 5) is 47.1. The lowest BCUT2D eigenvalue weighted by Crippen LogP contribution is -2.32. The van der Waals surface area contributed by atoms with Crippen LogP contribution >= 0.6 is 15.9 Å². The van der Waals surface area contributed by atoms with Crippen molar-refractivity contribution in [2.45, 2.75) is 19.8 Å². The van der Waals surface area contributed by atoms with Gasteiger partial charge in [0, 0.05) is 23.1 Å². The van der Waals surface area contributed by atoms with Gasteiger partial charge in [-0.1, -0.05) is 15.9 Å². The van der Waals surface area contributed by atoms with E-state index in [0.717, 1.165) is 14.9 Å². The van der Waals surface area contributed by atoms with Crippen LogP contribution in [-0.4, -0.2) is 48.4 Å². The van der Waals surface area contributed by atoms with Crippen LogP contribution in [0.3, 0.4) is 0 Å². The number of hydrogen-bond donors (Lipinski definition) is 2. The molecule has 134 valence electrons. The zero-order chi connectivity index (χ0) is 18.4. The number of nitrogens with zero attached hydrogens (tertiary/aromatic N) is 1. The lowest BCUT2D eigenvalue weighted by Gasteiger charge is -2.11. The molecule has 25 heavy (non-hydrogen) atoms. The van der Waals surface area contributed by atoms with Crippen molar-refractivity contribution in [2.24, 2.45) is 0 Å². The number of rotatable bonds is 7. The van der Waals surface area contributed by atoms with E-state index >= 15 is 0 Å². The van der Waals surface area contributed by atoms with Gasteiger partial charge in [0.25, 0.3) is 5.91 Å². The molecular weight excluding hydrogens is 394 g/mol. The average molecular weight is 412 g/mol. The van der Waals surface area contributed by atoms with Gasteiger partial charge in [-0.15, -0.1) is 0 Å². The third-order valence-corrected chi connectivity index (χ3v) is 4.40. The van der Waals surface area contributed by atoms with Gasteiger partial charge < -0.3 is 15.4 Å². The minimum atomic E-state index is -0.561. The number of benzene rings is 1. The molecule has 2 rings (SSSR count). The first kappa shape index (κ1) is 18.9. The molecule has 1 heterocycles. The van der Waals surface area contributed by atoms with E-state index in [0.29, 0.717) is 5.69 Å². The maximum absolute atomic E-state index is 11.8. The minimum absolute atomic E-state index is 0.0149. The fraction of sp³-hybridized carbons (Fsp3) is 0.375. The first-order chi connectivity index (χ1) is 11.9. The molecule has 0 spiro atoms. The highest BCUT2D eigenvalue weighted by molar-refractivity contribution is 9.10. The Balaban J connectivity index is 1.67. The van der Waals surface area contributed by atoms with E-state index in [2.05, 4.69) is 26.6 Å². The number of carbonyl (C=O) groups excluding carboxylic acids is 4. The number of ether oxygens (including phenoxy) is 1. The highest BCUT2D eigenvalue weighted by Gasteiger charge is 2.27. The van der Waals surface area contributed by atoms with Crippen molar-refractivity contribution >= 4 is 45.4 Å². The zero-order valence-corrected chi connectivity index (χ0v) is 15.2. The summed E-state index contributed by atoms with van der Waals surface area (Å²) in [6, 6.07) is 4.88. The lowest BCUT2D eigenvalue weighted by atomic mass is 10.2. The van der Waals surface area contributed by atoms with Gasteiger partial charge in [0.05, 0.1) is 6.54 Å². The van der Waals surface area contributed by atoms with Gasteiger partial charge in [0.2, 0.25) is 5.91 Å². The maximum atomic E-state index is 11.8. The Hall–Kier alpha value is -2.42. The van der Waals surface area contributed by atoms with Crippen molar-refractivity contribution in [1.82, 2.24) is 10.2 Å². The second kappa shape index (κ2) is 8.61. The largest absolute Gasteiger partial charge is 0.456 e. The van der Waals surface area contributed by atoms with Gasteiger partial charge in [-0.25, -0.2) is 4.79 Å². The van der Waals surface area contributed by atoms with E-state index in [1.807, 2.05) is 13.0 Å². The van der Waals surface area contributed by atoms with Gasteiger partial charge in [0.1, 0.15) is 0 Å². The van der Waals surface area contributed by atoms with Gasteiger partial charge in [-0.05, 0) is 37.1 Å². The zero-order valence-electron chi connectivity index (χ0n) is 13.6. The maximum Gasteiger partial charge on any atom is 0.324 e. The third-order valence-electron chi connectivity index (χ3n) is 3.51. The molecule has 0 radical (unpaired) electrons. The van der Waals surface area contributed by atoms with Gasteiger partial charge in [0.15, 0.2) is 6.61 Å². The summed E-state index contributed by atoms with van der Waals surface area (Å²) in [5.41, 5.74) is 1.58. The van der Waals surface area contributed by atoms with Crippen LogP contribution in [0.1, 0.15) is 18.4 Å². The first-order valence-corrected chi connectivity index (χ1v) is 8.46. The van der Waals surface area contributed by atoms with E-state index in [4.69, 9.17) is 4.74 Å². The van der Waals surface area contributed by atoms with Gasteiger partial charge in [-0.3, -0.25) is 19.3 Å². The normalized spacial score (nSPS) is 13.6. The predicted molar refractivity (Wildman–Crippen MR) is 92.8 cm³/mol. The SMILES string of the molecule is Cc1cc(NC(=O)COC(=O)CCCN2C(=O)CNC2=O)ccc1Br. The van der Waals surface area contributed by atoms with Crippen LogP contribution in [0.4, 0.5) is 10.5 Å². The van der Waals surface area contributed by atoms with Crippen LogP contribution in [0.25, 0.3) is 0 Å². The summed E-state index contributed by atoms with van der Waals surface area (Å²) in [5, 5.41) is 5.03. The van der Waals surface area contributed by atoms with Crippen LogP contribution in [0.15, 0.2) is 22.7 Å². The second-order valence-corrected chi connectivity index (χ2v) is 6.33. The Morgan fingerprint density at radius 2 is 2.12 bits per heavy atom. The molecule has 0 unspecified atom stereocenters. The van der Waals surface area contributed by atoms with Crippen molar-refractivity contribution in [3.05, 3.63) is 28.2 Å². The molecule has 0 aromatic heterocycles. The molecule has 0 saturated carbocycles. The third kappa shape index (κ3) is 5.56. The van der Waals surface area contributed by atoms with Gasteiger partial charge >= 0.3 is 12.0 Å². The molecule has 9 heteroatoms. The van der Waals surface area contributed by atoms with Crippen LogP contribution < -0.4 is 10.6 Å². The van der Waals surface area contributed by atoms with Crippen LogP contribution in [0.5, 0.6) is 0 Å². The Morgan fingerprint density at radius 1 is 1.36 bits per heavy atom. The van der Waals surface area contributed by atoms with Gasteiger partial charge in [-0.2, -0.15) is 0 Å². The fourth-order valence-corrected chi connectivity index (χ4v) is 2.45. The average Bonchev–Trinajstić information content (AvgIpc) is 2.88. The van der Waals surface area contributed by atoms with Crippen LogP contribution in [0.2, 0.25) is 0 Å². The molecule has 1 saturated heterocycles. The molecule has 1 aliphatic rings. The lowest BCUT2D eigenvalue weighted by molar-refractivity contribution is -0.147. The standard InChI is InChI=1S/C16H18BrN3O5/c1-10-7-11(4-5-12(10)17)19-13(21)9-25-15(23)3-2-6-20-14(22)8-18-16(20)24/h4-5,7H,2-3,6,8-9H2,1H3,(H,18,24)(H,19,21). The molecular formula is C16H18BrN3O5. The summed E-state index contributed by atoms with van der Waals surface area (Å²) in [5.74, 6) is -1.32. The predicted octanol–water partition coefficient (Wildman–Crippen LogP) is 1.57. The Morgan fingerprint density at radius 3 is 2.76 bits per heavy atom. The monoisotopic (exact) mass is 411 g/mol. The molecule has 0 bridgehead atoms. The number of carbonyl (C=O) groups is 4. The van der Waals surface area contributed by atoms with E-state index in [-0.39, 0.29) is 31.8 Å². The molecule has 0 atom stereocenters. The minimum Gasteiger partial charge on any atom is -0.456 e. The van der Waals surface area contributed by atoms with E-state index in [9.17, 15) is 19.2 Å². The number of hydrogen-bond acceptors (Lipinski definition) is 5. The second-order valence-electron chi connectivity index (χ2n) is 5.48. The number of anilines is 1. The van der Waals surface area contributed by atoms with Crippen molar-refractivity contribution in [1.29, 1.82) is 0 Å². The number of nitrogens with one attached hydrogen (secondary N) is 2. The smallest absolute Gasteiger partial charge is 0.324 e. The van der Waals surface area contributed by atoms with Crippen LogP contribution in [0, 0.1) is 6.92 Å². The first-order valence-electron chi connectivity index (χ1n) is 7.66. The fourth-order valence-electron chi connectivity index (χ4n) is 2.20. The highest BCUT2D eigenvalue weighted by Crippen LogP contribution is 2.19. The van der Waals surface area contributed by atoms with E-state index < -0.39 is 24.5 Å². The molecule has 1 aliphatic heterocycles. The molecule has 4 amide bonds. The summed E-state index contributed by atoms with van der Waals surface area (Å²) in [6.45, 7) is 1.63. The molecule has 1 aromatic rings. The Bertz CT molecular complexity index is 691. The van der Waals surface area contributed by atoms with Crippen molar-refractivity contribution in [2.75, 3.05) is 25.0 Å². The molecule has 8 nitrogen and oxygen atoms in total. The number of urea groups is 1. The number of halogens is 1. The summed E-state index contributed by atoms with van der Waals surface area (Å²) in [7, 11) is 0. The number of esters is 1. The number of amides is 4. The summed E-state index contributed by atoms with van der Waals surface area (Å²) in [6.07, 6.45) is 0.299. The quantitative estimate of drug-likeness (QED) is 0.523. The Kier molecular flexibility index (Phi) is 6.51. The topological polar surface area (TPSA) is 105 Å².